The molecular formula is C15H12ClN3O2. The molecule has 0 aliphatic rings. The number of benzene rings is 1. The molecule has 1 aromatic carbocycles. The molecule has 0 radical (unpaired) electrons. The van der Waals surface area contributed by atoms with E-state index in [-0.39, 0.29) is 6.61 Å². The van der Waals surface area contributed by atoms with Crippen molar-refractivity contribution in [3.8, 4) is 11.8 Å². The van der Waals surface area contributed by atoms with E-state index in [9.17, 15) is 4.79 Å². The Morgan fingerprint density at radius 3 is 2.81 bits per heavy atom. The second-order valence-corrected chi connectivity index (χ2v) is 4.39. The minimum absolute atomic E-state index is 0.241. The molecule has 0 spiro atoms. The Morgan fingerprint density at radius 2 is 2.05 bits per heavy atom. The summed E-state index contributed by atoms with van der Waals surface area (Å²) in [5.41, 5.74) is 1.04. The Labute approximate surface area is 127 Å². The highest BCUT2D eigenvalue weighted by Gasteiger charge is 2.04. The quantitative estimate of drug-likeness (QED) is 0.747. The molecule has 0 aliphatic carbocycles. The second-order valence-electron chi connectivity index (χ2n) is 3.96. The van der Waals surface area contributed by atoms with E-state index >= 15 is 0 Å². The van der Waals surface area contributed by atoms with Crippen LogP contribution in [-0.4, -0.2) is 22.7 Å². The standard InChI is InChI=1S/C15H12ClN3O2/c16-11-4-1-6-13(10-11)18-15(21)19-14-8-2-5-12(17-14)7-3-9-20/h1-2,4-6,8,10,20H,9H2,(H2,17,18,19,21). The van der Waals surface area contributed by atoms with Crippen molar-refractivity contribution in [3.63, 3.8) is 0 Å². The number of carbonyl (C=O) groups is 1. The first kappa shape index (κ1) is 14.9. The summed E-state index contributed by atoms with van der Waals surface area (Å²) in [6.07, 6.45) is 0. The molecule has 0 unspecified atom stereocenters. The molecule has 6 heteroatoms. The van der Waals surface area contributed by atoms with Gasteiger partial charge in [-0.05, 0) is 36.3 Å². The largest absolute Gasteiger partial charge is 0.384 e. The van der Waals surface area contributed by atoms with Crippen LogP contribution in [0.3, 0.4) is 0 Å². The van der Waals surface area contributed by atoms with Gasteiger partial charge >= 0.3 is 6.03 Å². The Hall–Kier alpha value is -2.55. The molecule has 3 N–H and O–H groups in total. The number of halogens is 1. The number of nitrogens with one attached hydrogen (secondary N) is 2. The van der Waals surface area contributed by atoms with Crippen LogP contribution in [0.15, 0.2) is 42.5 Å². The van der Waals surface area contributed by atoms with E-state index in [1.165, 1.54) is 0 Å². The van der Waals surface area contributed by atoms with E-state index in [0.29, 0.717) is 22.2 Å². The molecule has 0 bridgehead atoms. The van der Waals surface area contributed by atoms with Gasteiger partial charge < -0.3 is 10.4 Å². The van der Waals surface area contributed by atoms with Crippen molar-refractivity contribution < 1.29 is 9.90 Å². The summed E-state index contributed by atoms with van der Waals surface area (Å²) in [5.74, 6) is 5.52. The van der Waals surface area contributed by atoms with Crippen LogP contribution in [0, 0.1) is 11.8 Å². The minimum atomic E-state index is -0.433. The minimum Gasteiger partial charge on any atom is -0.384 e. The predicted molar refractivity (Wildman–Crippen MR) is 82.3 cm³/mol. The van der Waals surface area contributed by atoms with E-state index in [4.69, 9.17) is 16.7 Å². The van der Waals surface area contributed by atoms with Gasteiger partial charge in [0, 0.05) is 10.7 Å². The van der Waals surface area contributed by atoms with Crippen molar-refractivity contribution in [3.05, 3.63) is 53.2 Å². The molecule has 0 atom stereocenters. The number of hydrogen-bond donors (Lipinski definition) is 3. The number of rotatable bonds is 2. The third-order valence-electron chi connectivity index (χ3n) is 2.37. The highest BCUT2D eigenvalue weighted by atomic mass is 35.5. The summed E-state index contributed by atoms with van der Waals surface area (Å²) in [5, 5.41) is 14.4. The Kier molecular flexibility index (Phi) is 5.16. The maximum Gasteiger partial charge on any atom is 0.324 e. The van der Waals surface area contributed by atoms with E-state index < -0.39 is 6.03 Å². The summed E-state index contributed by atoms with van der Waals surface area (Å²) in [6.45, 7) is -0.241. The van der Waals surface area contributed by atoms with Crippen LogP contribution in [-0.2, 0) is 0 Å². The number of nitrogens with zero attached hydrogens (tertiary/aromatic N) is 1. The van der Waals surface area contributed by atoms with Gasteiger partial charge in [-0.3, -0.25) is 5.32 Å². The van der Waals surface area contributed by atoms with Crippen LogP contribution in [0.4, 0.5) is 16.3 Å². The third kappa shape index (κ3) is 4.80. The van der Waals surface area contributed by atoms with Crippen molar-refractivity contribution in [1.82, 2.24) is 4.98 Å². The summed E-state index contributed by atoms with van der Waals surface area (Å²) in [6, 6.07) is 11.4. The average Bonchev–Trinajstić information content (AvgIpc) is 2.45. The van der Waals surface area contributed by atoms with Crippen LogP contribution in [0.25, 0.3) is 0 Å². The fourth-order valence-electron chi connectivity index (χ4n) is 1.55. The molecule has 2 aromatic rings. The molecule has 2 amide bonds. The molecule has 0 fully saturated rings. The first-order valence-corrected chi connectivity index (χ1v) is 6.45. The SMILES string of the molecule is O=C(Nc1cccc(Cl)c1)Nc1cccc(C#CCO)n1. The molecule has 106 valence electrons. The molecule has 2 rings (SSSR count). The van der Waals surface area contributed by atoms with Crippen LogP contribution >= 0.6 is 11.6 Å². The lowest BCUT2D eigenvalue weighted by Crippen LogP contribution is -2.20. The molecule has 1 heterocycles. The van der Waals surface area contributed by atoms with Gasteiger partial charge in [0.05, 0.1) is 0 Å². The van der Waals surface area contributed by atoms with Gasteiger partial charge in [0.2, 0.25) is 0 Å². The third-order valence-corrected chi connectivity index (χ3v) is 2.60. The molecule has 1 aromatic heterocycles. The summed E-state index contributed by atoms with van der Waals surface area (Å²) < 4.78 is 0. The zero-order valence-electron chi connectivity index (χ0n) is 10.9. The van der Waals surface area contributed by atoms with Crippen LogP contribution in [0.2, 0.25) is 5.02 Å². The first-order valence-electron chi connectivity index (χ1n) is 6.08. The maximum atomic E-state index is 11.8. The number of anilines is 2. The molecule has 21 heavy (non-hydrogen) atoms. The monoisotopic (exact) mass is 301 g/mol. The van der Waals surface area contributed by atoms with Gasteiger partial charge in [-0.25, -0.2) is 9.78 Å². The molecule has 0 saturated carbocycles. The van der Waals surface area contributed by atoms with Crippen LogP contribution in [0.1, 0.15) is 5.69 Å². The fraction of sp³-hybridized carbons (Fsp3) is 0.0667. The van der Waals surface area contributed by atoms with Crippen molar-refractivity contribution >= 4 is 29.1 Å². The lowest BCUT2D eigenvalue weighted by atomic mass is 10.3. The van der Waals surface area contributed by atoms with Crippen LogP contribution in [0.5, 0.6) is 0 Å². The highest BCUT2D eigenvalue weighted by Crippen LogP contribution is 2.15. The topological polar surface area (TPSA) is 74.2 Å². The van der Waals surface area contributed by atoms with Gasteiger partial charge in [-0.1, -0.05) is 29.7 Å². The van der Waals surface area contributed by atoms with E-state index in [0.717, 1.165) is 0 Å². The number of hydrogen-bond acceptors (Lipinski definition) is 3. The number of aliphatic hydroxyl groups is 1. The molecular weight excluding hydrogens is 290 g/mol. The zero-order valence-corrected chi connectivity index (χ0v) is 11.7. The smallest absolute Gasteiger partial charge is 0.324 e. The Bertz CT molecular complexity index is 707. The number of carbonyl (C=O) groups excluding carboxylic acids is 1. The van der Waals surface area contributed by atoms with Crippen molar-refractivity contribution in [2.24, 2.45) is 0 Å². The summed E-state index contributed by atoms with van der Waals surface area (Å²) in [4.78, 5) is 16.0. The van der Waals surface area contributed by atoms with Crippen molar-refractivity contribution in [2.45, 2.75) is 0 Å². The molecule has 5 nitrogen and oxygen atoms in total. The lowest BCUT2D eigenvalue weighted by molar-refractivity contribution is 0.262. The van der Waals surface area contributed by atoms with Gasteiger partial charge in [-0.15, -0.1) is 0 Å². The second kappa shape index (κ2) is 7.29. The fourth-order valence-corrected chi connectivity index (χ4v) is 1.74. The van der Waals surface area contributed by atoms with Crippen molar-refractivity contribution in [1.29, 1.82) is 0 Å². The Morgan fingerprint density at radius 1 is 1.24 bits per heavy atom. The maximum absolute atomic E-state index is 11.8. The number of aromatic nitrogens is 1. The highest BCUT2D eigenvalue weighted by molar-refractivity contribution is 6.30. The Balaban J connectivity index is 2.02. The van der Waals surface area contributed by atoms with Gasteiger partial charge in [-0.2, -0.15) is 0 Å². The van der Waals surface area contributed by atoms with Crippen molar-refractivity contribution in [2.75, 3.05) is 17.2 Å². The van der Waals surface area contributed by atoms with Gasteiger partial charge in [0.1, 0.15) is 18.1 Å². The first-order chi connectivity index (χ1) is 10.2. The van der Waals surface area contributed by atoms with E-state index in [1.54, 1.807) is 42.5 Å². The van der Waals surface area contributed by atoms with Crippen LogP contribution < -0.4 is 10.6 Å². The molecule has 0 aliphatic heterocycles. The van der Waals surface area contributed by atoms with Gasteiger partial charge in [0.25, 0.3) is 0 Å². The number of aliphatic hydroxyl groups excluding tert-OH is 1. The number of amides is 2. The van der Waals surface area contributed by atoms with Gasteiger partial charge in [0.15, 0.2) is 0 Å². The van der Waals surface area contributed by atoms with E-state index in [1.807, 2.05) is 0 Å². The predicted octanol–water partition coefficient (Wildman–Crippen LogP) is 2.72. The lowest BCUT2D eigenvalue weighted by Gasteiger charge is -2.07. The number of pyridine rings is 1. The normalized spacial score (nSPS) is 9.43. The zero-order chi connectivity index (χ0) is 15.1. The molecule has 0 saturated heterocycles. The summed E-state index contributed by atoms with van der Waals surface area (Å²) in [7, 11) is 0. The van der Waals surface area contributed by atoms with E-state index in [2.05, 4.69) is 27.5 Å². The summed E-state index contributed by atoms with van der Waals surface area (Å²) >= 11 is 5.84. The number of urea groups is 1. The average molecular weight is 302 g/mol.